The second-order valence-electron chi connectivity index (χ2n) is 8.71. The third-order valence-electron chi connectivity index (χ3n) is 5.87. The van der Waals surface area contributed by atoms with Gasteiger partial charge in [0.25, 0.3) is 0 Å². The Bertz CT molecular complexity index is 1350. The van der Waals surface area contributed by atoms with Gasteiger partial charge in [-0.25, -0.2) is 18.4 Å². The van der Waals surface area contributed by atoms with Crippen molar-refractivity contribution >= 4 is 32.4 Å². The number of benzene rings is 1. The Morgan fingerprint density at radius 3 is 2.65 bits per heavy atom. The first kappa shape index (κ1) is 24.1. The number of nitrogens with zero attached hydrogens (tertiary/aromatic N) is 3. The van der Waals surface area contributed by atoms with E-state index in [0.717, 1.165) is 11.1 Å². The number of ether oxygens (including phenoxy) is 1. The number of thiazole rings is 1. The summed E-state index contributed by atoms with van der Waals surface area (Å²) in [6, 6.07) is 3.48. The van der Waals surface area contributed by atoms with Gasteiger partial charge in [0.1, 0.15) is 0 Å². The molecule has 0 atom stereocenters. The van der Waals surface area contributed by atoms with Gasteiger partial charge in [-0.1, -0.05) is 19.9 Å². The first-order chi connectivity index (χ1) is 16.0. The van der Waals surface area contributed by atoms with Crippen LogP contribution in [0, 0.1) is 6.92 Å². The molecule has 0 bridgehead atoms. The van der Waals surface area contributed by atoms with Gasteiger partial charge in [-0.05, 0) is 43.9 Å². The molecule has 0 spiro atoms. The minimum absolute atomic E-state index is 0.318. The molecule has 1 aliphatic carbocycles. The number of rotatable bonds is 9. The zero-order chi connectivity index (χ0) is 24.7. The molecule has 1 amide bonds. The summed E-state index contributed by atoms with van der Waals surface area (Å²) < 4.78 is 32.9. The van der Waals surface area contributed by atoms with Crippen LogP contribution in [-0.2, 0) is 15.4 Å². The maximum absolute atomic E-state index is 12.4. The number of aromatic nitrogens is 3. The molecule has 3 N–H and O–H groups in total. The van der Waals surface area contributed by atoms with E-state index in [9.17, 15) is 13.2 Å². The molecule has 4 rings (SSSR count). The maximum atomic E-state index is 12.4. The number of carbonyl (C=O) groups excluding carboxylic acids is 1. The molecule has 180 valence electrons. The number of anilines is 1. The number of hydrogen-bond donors (Lipinski definition) is 2. The van der Waals surface area contributed by atoms with E-state index in [-0.39, 0.29) is 5.25 Å². The molecule has 0 unspecified atom stereocenters. The van der Waals surface area contributed by atoms with E-state index in [4.69, 9.17) is 10.5 Å². The van der Waals surface area contributed by atoms with Gasteiger partial charge in [0.05, 0.1) is 35.6 Å². The second-order valence-corrected chi connectivity index (χ2v) is 11.5. The van der Waals surface area contributed by atoms with E-state index >= 15 is 0 Å². The smallest absolute Gasteiger partial charge is 0.248 e. The minimum atomic E-state index is -3.42. The Morgan fingerprint density at radius 1 is 1.26 bits per heavy atom. The molecule has 1 saturated carbocycles. The lowest BCUT2D eigenvalue weighted by Gasteiger charge is -2.29. The number of primary amides is 1. The molecule has 2 aromatic heterocycles. The van der Waals surface area contributed by atoms with E-state index < -0.39 is 21.3 Å². The van der Waals surface area contributed by atoms with E-state index in [1.807, 2.05) is 33.1 Å². The van der Waals surface area contributed by atoms with Crippen LogP contribution in [0.5, 0.6) is 5.88 Å². The molecule has 11 heteroatoms. The van der Waals surface area contributed by atoms with Gasteiger partial charge in [0.2, 0.25) is 21.8 Å². The number of amides is 1. The molecule has 9 nitrogen and oxygen atoms in total. The summed E-state index contributed by atoms with van der Waals surface area (Å²) in [5, 5.41) is 1.80. The zero-order valence-corrected chi connectivity index (χ0v) is 21.1. The quantitative estimate of drug-likeness (QED) is 0.457. The topological polar surface area (TPSA) is 137 Å². The first-order valence-electron chi connectivity index (χ1n) is 10.9. The van der Waals surface area contributed by atoms with Crippen molar-refractivity contribution in [3.8, 4) is 17.1 Å². The van der Waals surface area contributed by atoms with Gasteiger partial charge in [-0.3, -0.25) is 14.5 Å². The standard InChI is InChI=1S/C23H27N5O4S2/c1-5-32-19-11-25-10-17(26-19)16-9-8-15(21(24)29)13(2)20(16)23(3,4)18-12-33-22(27-18)28-34(30,31)14-6-7-14/h8-12,14H,5-7H2,1-4H3,(H2,24,29)(H,27,28). The lowest BCUT2D eigenvalue weighted by Crippen LogP contribution is -2.25. The van der Waals surface area contributed by atoms with Crippen molar-refractivity contribution in [2.75, 3.05) is 11.3 Å². The molecule has 3 aromatic rings. The van der Waals surface area contributed by atoms with Crippen molar-refractivity contribution in [2.45, 2.75) is 51.2 Å². The van der Waals surface area contributed by atoms with Crippen LogP contribution in [-0.4, -0.2) is 41.1 Å². The Kier molecular flexibility index (Phi) is 6.34. The molecule has 1 aliphatic rings. The Morgan fingerprint density at radius 2 is 2.00 bits per heavy atom. The van der Waals surface area contributed by atoms with Crippen LogP contribution in [0.15, 0.2) is 29.9 Å². The summed E-state index contributed by atoms with van der Waals surface area (Å²) in [6.07, 6.45) is 4.52. The maximum Gasteiger partial charge on any atom is 0.248 e. The average Bonchev–Trinajstić information content (AvgIpc) is 3.54. The van der Waals surface area contributed by atoms with E-state index in [2.05, 4.69) is 19.7 Å². The lowest BCUT2D eigenvalue weighted by molar-refractivity contribution is 0.0999. The van der Waals surface area contributed by atoms with Crippen LogP contribution in [0.25, 0.3) is 11.3 Å². The van der Waals surface area contributed by atoms with Crippen LogP contribution in [0.2, 0.25) is 0 Å². The van der Waals surface area contributed by atoms with Crippen molar-refractivity contribution in [2.24, 2.45) is 5.73 Å². The summed E-state index contributed by atoms with van der Waals surface area (Å²) >= 11 is 1.23. The van der Waals surface area contributed by atoms with Crippen LogP contribution in [0.4, 0.5) is 5.13 Å². The largest absolute Gasteiger partial charge is 0.477 e. The zero-order valence-electron chi connectivity index (χ0n) is 19.5. The summed E-state index contributed by atoms with van der Waals surface area (Å²) in [5.74, 6) is -0.141. The Hall–Kier alpha value is -3.05. The van der Waals surface area contributed by atoms with Gasteiger partial charge in [-0.15, -0.1) is 11.3 Å². The SMILES string of the molecule is CCOc1cncc(-c2ccc(C(N)=O)c(C)c2C(C)(C)c2csc(NS(=O)(=O)C3CC3)n2)n1. The Labute approximate surface area is 202 Å². The molecular weight excluding hydrogens is 474 g/mol. The summed E-state index contributed by atoms with van der Waals surface area (Å²) in [6.45, 7) is 8.10. The fourth-order valence-electron chi connectivity index (χ4n) is 4.01. The van der Waals surface area contributed by atoms with Gasteiger partial charge in [0, 0.05) is 21.9 Å². The number of sulfonamides is 1. The van der Waals surface area contributed by atoms with E-state index in [1.54, 1.807) is 24.5 Å². The molecule has 1 fully saturated rings. The normalized spacial score (nSPS) is 14.1. The van der Waals surface area contributed by atoms with Crippen LogP contribution in [0.3, 0.4) is 0 Å². The summed E-state index contributed by atoms with van der Waals surface area (Å²) in [7, 11) is -3.42. The van der Waals surface area contributed by atoms with Crippen molar-refractivity contribution in [1.82, 2.24) is 15.0 Å². The highest BCUT2D eigenvalue weighted by Gasteiger charge is 2.37. The van der Waals surface area contributed by atoms with Gasteiger partial charge < -0.3 is 10.5 Å². The van der Waals surface area contributed by atoms with Gasteiger partial charge >= 0.3 is 0 Å². The number of carbonyl (C=O) groups is 1. The predicted molar refractivity (Wildman–Crippen MR) is 132 cm³/mol. The summed E-state index contributed by atoms with van der Waals surface area (Å²) in [5.41, 5.74) is 8.83. The summed E-state index contributed by atoms with van der Waals surface area (Å²) in [4.78, 5) is 25.6. The Balaban J connectivity index is 1.82. The van der Waals surface area contributed by atoms with Crippen LogP contribution in [0.1, 0.15) is 60.8 Å². The minimum Gasteiger partial charge on any atom is -0.477 e. The highest BCUT2D eigenvalue weighted by Crippen LogP contribution is 2.42. The van der Waals surface area contributed by atoms with Crippen LogP contribution < -0.4 is 15.2 Å². The van der Waals surface area contributed by atoms with Crippen molar-refractivity contribution in [1.29, 1.82) is 0 Å². The molecule has 0 aliphatic heterocycles. The van der Waals surface area contributed by atoms with Crippen LogP contribution >= 0.6 is 11.3 Å². The average molecular weight is 502 g/mol. The molecule has 0 radical (unpaired) electrons. The highest BCUT2D eigenvalue weighted by molar-refractivity contribution is 7.93. The lowest BCUT2D eigenvalue weighted by atomic mass is 9.75. The van der Waals surface area contributed by atoms with Crippen molar-refractivity contribution < 1.29 is 17.9 Å². The van der Waals surface area contributed by atoms with Crippen molar-refractivity contribution in [3.05, 3.63) is 52.3 Å². The fraction of sp³-hybridized carbons (Fsp3) is 0.391. The second kappa shape index (κ2) is 8.95. The van der Waals surface area contributed by atoms with E-state index in [0.29, 0.717) is 53.0 Å². The highest BCUT2D eigenvalue weighted by atomic mass is 32.2. The van der Waals surface area contributed by atoms with Gasteiger partial charge in [0.15, 0.2) is 5.13 Å². The van der Waals surface area contributed by atoms with E-state index in [1.165, 1.54) is 11.3 Å². The molecule has 2 heterocycles. The fourth-order valence-corrected chi connectivity index (χ4v) is 6.49. The number of hydrogen-bond acceptors (Lipinski definition) is 8. The first-order valence-corrected chi connectivity index (χ1v) is 13.3. The monoisotopic (exact) mass is 501 g/mol. The predicted octanol–water partition coefficient (Wildman–Crippen LogP) is 3.64. The van der Waals surface area contributed by atoms with Crippen molar-refractivity contribution in [3.63, 3.8) is 0 Å². The molecular formula is C23H27N5O4S2. The third kappa shape index (κ3) is 4.62. The molecule has 34 heavy (non-hydrogen) atoms. The molecule has 0 saturated heterocycles. The third-order valence-corrected chi connectivity index (χ3v) is 8.59. The van der Waals surface area contributed by atoms with Gasteiger partial charge in [-0.2, -0.15) is 0 Å². The molecule has 1 aromatic carbocycles. The number of nitrogens with two attached hydrogens (primary N) is 1. The number of nitrogens with one attached hydrogen (secondary N) is 1.